The Morgan fingerprint density at radius 3 is 1.90 bits per heavy atom. The van der Waals surface area contributed by atoms with Crippen molar-refractivity contribution in [2.45, 2.75) is 12.0 Å². The molecule has 1 rings (SSSR count). The molecule has 0 saturated carbocycles. The molecule has 0 N–H and O–H groups in total. The average molecular weight is 186 g/mol. The van der Waals surface area contributed by atoms with Crippen LogP contribution in [-0.4, -0.2) is 24.0 Å². The summed E-state index contributed by atoms with van der Waals surface area (Å²) < 4.78 is 39.5. The van der Waals surface area contributed by atoms with E-state index in [0.717, 1.165) is 0 Å². The highest BCUT2D eigenvalue weighted by molar-refractivity contribution is 7.90. The number of hydrogen-bond acceptors (Lipinski definition) is 5. The van der Waals surface area contributed by atoms with Gasteiger partial charge in [-0.25, -0.2) is 0 Å². The summed E-state index contributed by atoms with van der Waals surface area (Å²) in [7, 11) is -5.29. The van der Waals surface area contributed by atoms with Gasteiger partial charge in [-0.15, -0.1) is 0 Å². The van der Waals surface area contributed by atoms with Crippen LogP contribution in [0.4, 0.5) is 0 Å². The maximum absolute atomic E-state index is 10.6. The molecule has 0 aliphatic carbocycles. The van der Waals surface area contributed by atoms with Crippen molar-refractivity contribution in [3.8, 4) is 0 Å². The molecule has 1 aliphatic rings. The first-order chi connectivity index (χ1) is 4.36. The molecule has 0 aromatic rings. The monoisotopic (exact) mass is 186 g/mol. The first kappa shape index (κ1) is 8.12. The minimum Gasteiger partial charge on any atom is -0.254 e. The van der Waals surface area contributed by atoms with Gasteiger partial charge in [-0.1, -0.05) is 0 Å². The van der Waals surface area contributed by atoms with Gasteiger partial charge in [-0.05, 0) is 0 Å². The van der Waals surface area contributed by atoms with Gasteiger partial charge >= 0.3 is 10.4 Å². The van der Waals surface area contributed by atoms with Crippen molar-refractivity contribution in [3.63, 3.8) is 0 Å². The molecule has 0 amide bonds. The van der Waals surface area contributed by atoms with E-state index < -0.39 is 26.3 Å². The zero-order valence-corrected chi connectivity index (χ0v) is 6.99. The molecular weight excluding hydrogens is 180 g/mol. The standard InChI is InChI=1S/C3H6O5S2/c1-3(9(2)4)7-10(5,6)8-3/h1-2H3. The molecule has 1 aliphatic heterocycles. The van der Waals surface area contributed by atoms with Crippen molar-refractivity contribution < 1.29 is 21.0 Å². The molecule has 0 spiro atoms. The molecule has 10 heavy (non-hydrogen) atoms. The summed E-state index contributed by atoms with van der Waals surface area (Å²) in [5.74, 6) is 0. The zero-order chi connectivity index (χ0) is 7.99. The van der Waals surface area contributed by atoms with Crippen molar-refractivity contribution in [1.29, 1.82) is 0 Å². The van der Waals surface area contributed by atoms with Gasteiger partial charge in [-0.2, -0.15) is 16.8 Å². The minimum absolute atomic E-state index is 1.30. The molecule has 60 valence electrons. The van der Waals surface area contributed by atoms with Crippen molar-refractivity contribution in [3.05, 3.63) is 0 Å². The second kappa shape index (κ2) is 2.00. The number of rotatable bonds is 1. The Hall–Kier alpha value is 0.0200. The highest BCUT2D eigenvalue weighted by Gasteiger charge is 2.51. The summed E-state index contributed by atoms with van der Waals surface area (Å²) in [5.41, 5.74) is 0. The summed E-state index contributed by atoms with van der Waals surface area (Å²) in [6, 6.07) is 0. The highest BCUT2D eigenvalue weighted by Crippen LogP contribution is 2.32. The smallest absolute Gasteiger partial charge is 0.254 e. The average Bonchev–Trinajstić information content (AvgIpc) is 1.59. The third-order valence-electron chi connectivity index (χ3n) is 1.03. The zero-order valence-electron chi connectivity index (χ0n) is 5.36. The lowest BCUT2D eigenvalue weighted by Gasteiger charge is -2.33. The van der Waals surface area contributed by atoms with Gasteiger partial charge in [-0.3, -0.25) is 4.21 Å². The lowest BCUT2D eigenvalue weighted by atomic mass is 10.8. The Balaban J connectivity index is 2.76. The predicted octanol–water partition coefficient (Wildman–Crippen LogP) is -0.670. The molecule has 1 saturated heterocycles. The third kappa shape index (κ3) is 1.22. The number of hydrogen-bond donors (Lipinski definition) is 0. The van der Waals surface area contributed by atoms with E-state index in [1.807, 2.05) is 0 Å². The Labute approximate surface area is 61.1 Å². The molecule has 1 atom stereocenters. The molecule has 0 bridgehead atoms. The van der Waals surface area contributed by atoms with Crippen LogP contribution in [-0.2, 0) is 29.6 Å². The van der Waals surface area contributed by atoms with Crippen molar-refractivity contribution in [1.82, 2.24) is 0 Å². The van der Waals surface area contributed by atoms with Gasteiger partial charge in [0.2, 0.25) is 0 Å². The minimum atomic E-state index is -3.83. The van der Waals surface area contributed by atoms with Crippen molar-refractivity contribution in [2.75, 3.05) is 6.26 Å². The van der Waals surface area contributed by atoms with E-state index in [9.17, 15) is 12.6 Å². The van der Waals surface area contributed by atoms with Crippen LogP contribution in [0, 0.1) is 0 Å². The highest BCUT2D eigenvalue weighted by atomic mass is 32.3. The first-order valence-electron chi connectivity index (χ1n) is 2.35. The molecule has 0 aromatic heterocycles. The summed E-state index contributed by atoms with van der Waals surface area (Å²) in [5, 5.41) is -1.46. The fourth-order valence-corrected chi connectivity index (χ4v) is 2.49. The summed E-state index contributed by atoms with van der Waals surface area (Å²) in [4.78, 5) is 0. The molecular formula is C3H6O5S2. The van der Waals surface area contributed by atoms with Crippen LogP contribution in [0.2, 0.25) is 0 Å². The molecule has 1 fully saturated rings. The molecule has 0 radical (unpaired) electrons. The van der Waals surface area contributed by atoms with Crippen LogP contribution in [0.1, 0.15) is 6.92 Å². The quantitative estimate of drug-likeness (QED) is 0.543. The Kier molecular flexibility index (Phi) is 1.63. The Morgan fingerprint density at radius 1 is 1.40 bits per heavy atom. The van der Waals surface area contributed by atoms with Crippen LogP contribution >= 0.6 is 0 Å². The fraction of sp³-hybridized carbons (Fsp3) is 1.00. The first-order valence-corrected chi connectivity index (χ1v) is 5.25. The topological polar surface area (TPSA) is 69.7 Å². The van der Waals surface area contributed by atoms with Crippen LogP contribution in [0.3, 0.4) is 0 Å². The van der Waals surface area contributed by atoms with Gasteiger partial charge in [0.1, 0.15) is 0 Å². The van der Waals surface area contributed by atoms with Crippen LogP contribution in [0.15, 0.2) is 0 Å². The lowest BCUT2D eigenvalue weighted by molar-refractivity contribution is -0.100. The fourth-order valence-electron chi connectivity index (χ4n) is 0.473. The second-order valence-electron chi connectivity index (χ2n) is 1.89. The van der Waals surface area contributed by atoms with Crippen LogP contribution < -0.4 is 0 Å². The van der Waals surface area contributed by atoms with Crippen LogP contribution in [0.25, 0.3) is 0 Å². The van der Waals surface area contributed by atoms with Gasteiger partial charge < -0.3 is 0 Å². The van der Waals surface area contributed by atoms with Crippen LogP contribution in [0.5, 0.6) is 0 Å². The largest absolute Gasteiger partial charge is 0.406 e. The van der Waals surface area contributed by atoms with E-state index in [1.54, 1.807) is 0 Å². The van der Waals surface area contributed by atoms with E-state index in [0.29, 0.717) is 0 Å². The van der Waals surface area contributed by atoms with E-state index in [2.05, 4.69) is 8.37 Å². The van der Waals surface area contributed by atoms with Gasteiger partial charge in [0.05, 0.1) is 10.8 Å². The van der Waals surface area contributed by atoms with E-state index in [4.69, 9.17) is 0 Å². The van der Waals surface area contributed by atoms with Gasteiger partial charge in [0.15, 0.2) is 0 Å². The lowest BCUT2D eigenvalue weighted by Crippen LogP contribution is -2.50. The summed E-state index contributed by atoms with van der Waals surface area (Å²) in [6.45, 7) is 1.30. The Bertz CT molecular complexity index is 253. The molecule has 5 nitrogen and oxygen atoms in total. The summed E-state index contributed by atoms with van der Waals surface area (Å²) in [6.07, 6.45) is 1.30. The SMILES string of the molecule is CS(=O)C1(C)OS(=O)(=O)O1. The van der Waals surface area contributed by atoms with Crippen molar-refractivity contribution in [2.24, 2.45) is 0 Å². The van der Waals surface area contributed by atoms with Crippen molar-refractivity contribution >= 4 is 21.2 Å². The maximum Gasteiger partial charge on any atom is 0.406 e. The molecule has 0 aromatic carbocycles. The maximum atomic E-state index is 10.6. The van der Waals surface area contributed by atoms with Gasteiger partial charge in [0.25, 0.3) is 5.12 Å². The molecule has 1 unspecified atom stereocenters. The van der Waals surface area contributed by atoms with Gasteiger partial charge in [0, 0.05) is 13.2 Å². The van der Waals surface area contributed by atoms with E-state index in [1.165, 1.54) is 13.2 Å². The Morgan fingerprint density at radius 2 is 1.80 bits per heavy atom. The van der Waals surface area contributed by atoms with E-state index >= 15 is 0 Å². The summed E-state index contributed by atoms with van der Waals surface area (Å²) >= 11 is 0. The van der Waals surface area contributed by atoms with E-state index in [-0.39, 0.29) is 0 Å². The third-order valence-corrected chi connectivity index (χ3v) is 3.50. The molecule has 7 heteroatoms. The predicted molar refractivity (Wildman–Crippen MR) is 33.6 cm³/mol. The normalized spacial score (nSPS) is 30.6. The second-order valence-corrected chi connectivity index (χ2v) is 4.69. The molecule has 1 heterocycles.